The van der Waals surface area contributed by atoms with Crippen molar-refractivity contribution in [3.63, 3.8) is 0 Å². The molecule has 0 N–H and O–H groups in total. The van der Waals surface area contributed by atoms with Gasteiger partial charge in [-0.1, -0.05) is 12.8 Å². The molecule has 8 nitrogen and oxygen atoms in total. The molecule has 1 saturated heterocycles. The summed E-state index contributed by atoms with van der Waals surface area (Å²) in [5.74, 6) is -1.34. The minimum absolute atomic E-state index is 0.170. The number of hydrogen-bond donors (Lipinski definition) is 0. The third kappa shape index (κ3) is 3.62. The Labute approximate surface area is 166 Å². The molecule has 0 spiro atoms. The molecular weight excluding hydrogens is 378 g/mol. The number of benzene rings is 1. The van der Waals surface area contributed by atoms with E-state index in [0.717, 1.165) is 17.7 Å². The Kier molecular flexibility index (Phi) is 5.08. The average molecular weight is 399 g/mol. The summed E-state index contributed by atoms with van der Waals surface area (Å²) in [5, 5.41) is 0.609. The molecule has 0 bridgehead atoms. The standard InChI is InChI=1S/C21H21NO7/c1-27-13-6-7-14-12(8-18(23)29-17(14)9-13)11-28-19(24)10-22-20(25)15-4-2-3-5-16(15)21(22)26/h6-9,15-16H,2-5,10-11H2,1H3/t15-,16+. The molecule has 1 saturated carbocycles. The first-order valence-electron chi connectivity index (χ1n) is 9.59. The van der Waals surface area contributed by atoms with Crippen LogP contribution in [0.1, 0.15) is 31.2 Å². The molecule has 8 heteroatoms. The van der Waals surface area contributed by atoms with Gasteiger partial charge in [-0.3, -0.25) is 19.3 Å². The van der Waals surface area contributed by atoms with Crippen LogP contribution < -0.4 is 10.4 Å². The summed E-state index contributed by atoms with van der Waals surface area (Å²) in [6.45, 7) is -0.575. The zero-order chi connectivity index (χ0) is 20.5. The van der Waals surface area contributed by atoms with E-state index in [4.69, 9.17) is 13.9 Å². The maximum absolute atomic E-state index is 12.5. The second-order valence-corrected chi connectivity index (χ2v) is 7.37. The van der Waals surface area contributed by atoms with Crippen molar-refractivity contribution >= 4 is 28.8 Å². The van der Waals surface area contributed by atoms with Crippen molar-refractivity contribution in [1.82, 2.24) is 4.90 Å². The first kappa shape index (κ1) is 19.2. The third-order valence-corrected chi connectivity index (χ3v) is 5.65. The van der Waals surface area contributed by atoms with Gasteiger partial charge in [0.1, 0.15) is 24.5 Å². The van der Waals surface area contributed by atoms with Crippen LogP contribution in [0, 0.1) is 11.8 Å². The van der Waals surface area contributed by atoms with Crippen LogP contribution in [0.15, 0.2) is 33.5 Å². The van der Waals surface area contributed by atoms with E-state index in [-0.39, 0.29) is 30.3 Å². The van der Waals surface area contributed by atoms with Crippen molar-refractivity contribution in [2.24, 2.45) is 11.8 Å². The smallest absolute Gasteiger partial charge is 0.336 e. The fraction of sp³-hybridized carbons (Fsp3) is 0.429. The molecule has 2 atom stereocenters. The largest absolute Gasteiger partial charge is 0.497 e. The number of carbonyl (C=O) groups is 3. The topological polar surface area (TPSA) is 103 Å². The van der Waals surface area contributed by atoms with Gasteiger partial charge in [0, 0.05) is 23.1 Å². The van der Waals surface area contributed by atoms with Crippen LogP contribution in [0.2, 0.25) is 0 Å². The van der Waals surface area contributed by atoms with E-state index in [1.54, 1.807) is 18.2 Å². The minimum atomic E-state index is -0.694. The van der Waals surface area contributed by atoms with E-state index >= 15 is 0 Å². The van der Waals surface area contributed by atoms with Crippen LogP contribution in [0.3, 0.4) is 0 Å². The van der Waals surface area contributed by atoms with E-state index in [2.05, 4.69) is 0 Å². The second-order valence-electron chi connectivity index (χ2n) is 7.37. The Morgan fingerprint density at radius 2 is 1.79 bits per heavy atom. The zero-order valence-electron chi connectivity index (χ0n) is 16.0. The van der Waals surface area contributed by atoms with Gasteiger partial charge in [-0.15, -0.1) is 0 Å². The molecule has 2 amide bonds. The molecule has 1 aliphatic heterocycles. The number of fused-ring (bicyclic) bond motifs is 2. The van der Waals surface area contributed by atoms with E-state index in [9.17, 15) is 19.2 Å². The minimum Gasteiger partial charge on any atom is -0.497 e. The van der Waals surface area contributed by atoms with Gasteiger partial charge in [-0.25, -0.2) is 4.79 Å². The highest BCUT2D eigenvalue weighted by Crippen LogP contribution is 2.37. The lowest BCUT2D eigenvalue weighted by Crippen LogP contribution is -2.36. The van der Waals surface area contributed by atoms with Crippen LogP contribution in [0.5, 0.6) is 5.75 Å². The average Bonchev–Trinajstić information content (AvgIpc) is 2.96. The SMILES string of the molecule is COc1ccc2c(COC(=O)CN3C(=O)[C@H]4CCCC[C@H]4C3=O)cc(=O)oc2c1. The lowest BCUT2D eigenvalue weighted by molar-refractivity contribution is -0.153. The molecule has 29 heavy (non-hydrogen) atoms. The van der Waals surface area contributed by atoms with E-state index in [1.807, 2.05) is 0 Å². The van der Waals surface area contributed by atoms with E-state index in [0.29, 0.717) is 35.1 Å². The highest BCUT2D eigenvalue weighted by atomic mass is 16.5. The molecule has 4 rings (SSSR count). The summed E-state index contributed by atoms with van der Waals surface area (Å²) in [4.78, 5) is 50.1. The van der Waals surface area contributed by atoms with Gasteiger partial charge in [0.15, 0.2) is 0 Å². The van der Waals surface area contributed by atoms with Crippen molar-refractivity contribution in [1.29, 1.82) is 0 Å². The Morgan fingerprint density at radius 3 is 2.45 bits per heavy atom. The molecule has 0 unspecified atom stereocenters. The van der Waals surface area contributed by atoms with Crippen LogP contribution in [-0.4, -0.2) is 36.3 Å². The van der Waals surface area contributed by atoms with Gasteiger partial charge in [-0.2, -0.15) is 0 Å². The Hall–Kier alpha value is -3.16. The number of hydrogen-bond acceptors (Lipinski definition) is 7. The van der Waals surface area contributed by atoms with Crippen LogP contribution >= 0.6 is 0 Å². The van der Waals surface area contributed by atoms with Crippen molar-refractivity contribution in [3.8, 4) is 5.75 Å². The molecule has 0 radical (unpaired) electrons. The summed E-state index contributed by atoms with van der Waals surface area (Å²) in [5.41, 5.74) is 0.211. The summed E-state index contributed by atoms with van der Waals surface area (Å²) < 4.78 is 15.5. The highest BCUT2D eigenvalue weighted by Gasteiger charge is 2.48. The van der Waals surface area contributed by atoms with Gasteiger partial charge in [0.05, 0.1) is 18.9 Å². The number of rotatable bonds is 5. The monoisotopic (exact) mass is 399 g/mol. The molecule has 2 aliphatic rings. The molecular formula is C21H21NO7. The lowest BCUT2D eigenvalue weighted by atomic mass is 9.81. The maximum atomic E-state index is 12.5. The van der Waals surface area contributed by atoms with Gasteiger partial charge in [0.2, 0.25) is 11.8 Å². The van der Waals surface area contributed by atoms with Crippen molar-refractivity contribution in [3.05, 3.63) is 40.2 Å². The number of nitrogens with zero attached hydrogens (tertiary/aromatic N) is 1. The number of ether oxygens (including phenoxy) is 2. The third-order valence-electron chi connectivity index (χ3n) is 5.65. The lowest BCUT2D eigenvalue weighted by Gasteiger charge is -2.19. The first-order valence-corrected chi connectivity index (χ1v) is 9.59. The Bertz CT molecular complexity index is 1020. The molecule has 2 fully saturated rings. The van der Waals surface area contributed by atoms with Crippen molar-refractivity contribution in [2.75, 3.05) is 13.7 Å². The first-order chi connectivity index (χ1) is 14.0. The highest BCUT2D eigenvalue weighted by molar-refractivity contribution is 6.07. The number of likely N-dealkylation sites (tertiary alicyclic amines) is 1. The summed E-state index contributed by atoms with van der Waals surface area (Å²) >= 11 is 0. The van der Waals surface area contributed by atoms with Crippen molar-refractivity contribution < 1.29 is 28.3 Å². The zero-order valence-corrected chi connectivity index (χ0v) is 16.0. The van der Waals surface area contributed by atoms with E-state index in [1.165, 1.54) is 13.2 Å². The quantitative estimate of drug-likeness (QED) is 0.430. The van der Waals surface area contributed by atoms with Crippen molar-refractivity contribution in [2.45, 2.75) is 32.3 Å². The Balaban J connectivity index is 1.46. The number of amides is 2. The predicted octanol–water partition coefficient (Wildman–Crippen LogP) is 2.02. The second kappa shape index (κ2) is 7.69. The van der Waals surface area contributed by atoms with Gasteiger partial charge in [-0.05, 0) is 25.0 Å². The maximum Gasteiger partial charge on any atom is 0.336 e. The number of methoxy groups -OCH3 is 1. The number of carbonyl (C=O) groups excluding carboxylic acids is 3. The van der Waals surface area contributed by atoms with Crippen LogP contribution in [-0.2, 0) is 25.7 Å². The molecule has 2 aromatic rings. The molecule has 1 aromatic heterocycles. The van der Waals surface area contributed by atoms with E-state index < -0.39 is 18.1 Å². The van der Waals surface area contributed by atoms with Crippen LogP contribution in [0.4, 0.5) is 0 Å². The van der Waals surface area contributed by atoms with Gasteiger partial charge < -0.3 is 13.9 Å². The predicted molar refractivity (Wildman–Crippen MR) is 101 cm³/mol. The molecule has 1 aromatic carbocycles. The number of imide groups is 1. The molecule has 1 aliphatic carbocycles. The Morgan fingerprint density at radius 1 is 1.10 bits per heavy atom. The number of esters is 1. The summed E-state index contributed by atoms with van der Waals surface area (Å²) in [6.07, 6.45) is 3.23. The fourth-order valence-corrected chi connectivity index (χ4v) is 4.18. The van der Waals surface area contributed by atoms with Crippen LogP contribution in [0.25, 0.3) is 11.0 Å². The van der Waals surface area contributed by atoms with Gasteiger partial charge in [0.25, 0.3) is 0 Å². The fourth-order valence-electron chi connectivity index (χ4n) is 4.18. The molecule has 152 valence electrons. The summed E-state index contributed by atoms with van der Waals surface area (Å²) in [7, 11) is 1.50. The molecule has 2 heterocycles. The normalized spacial score (nSPS) is 21.3. The summed E-state index contributed by atoms with van der Waals surface area (Å²) in [6, 6.07) is 6.24. The van der Waals surface area contributed by atoms with Gasteiger partial charge >= 0.3 is 11.6 Å².